The number of carbonyl (C=O) groups excluding carboxylic acids is 4. The van der Waals surface area contributed by atoms with Gasteiger partial charge in [0.15, 0.2) is 5.78 Å². The first-order valence-electron chi connectivity index (χ1n) is 20.4. The maximum absolute atomic E-state index is 15.3. The van der Waals surface area contributed by atoms with Crippen LogP contribution in [0.25, 0.3) is 10.9 Å². The molecule has 4 aromatic rings. The SMILES string of the molecule is CCn1cc(C(=O)O)c(=O)c2cc(F)c(N3CCN(C(=O)OCc4ccc(CC(=O)[C@H](CCCCC(N)=O)N/C=C(\N)C(C)(C)NC(=O)OCc5ccccc5)cc4)CC3)cc21.N. The normalized spacial score (nSPS) is 13.4. The van der Waals surface area contributed by atoms with Gasteiger partial charge in [0.2, 0.25) is 11.3 Å². The Balaban J connectivity index is 0.00000871. The Morgan fingerprint density at radius 2 is 1.54 bits per heavy atom. The summed E-state index contributed by atoms with van der Waals surface area (Å²) in [6, 6.07) is 18.3. The average molecular weight is 873 g/mol. The number of nitrogens with one attached hydrogen (secondary N) is 2. The summed E-state index contributed by atoms with van der Waals surface area (Å²) in [4.78, 5) is 78.1. The van der Waals surface area contributed by atoms with E-state index in [4.69, 9.17) is 20.9 Å². The van der Waals surface area contributed by atoms with E-state index in [1.54, 1.807) is 60.6 Å². The zero-order valence-electron chi connectivity index (χ0n) is 35.9. The van der Waals surface area contributed by atoms with E-state index in [1.807, 2.05) is 30.3 Å². The van der Waals surface area contributed by atoms with Crippen molar-refractivity contribution in [2.45, 2.75) is 84.2 Å². The minimum atomic E-state index is -1.38. The van der Waals surface area contributed by atoms with E-state index in [0.717, 1.165) is 17.2 Å². The number of hydrogen-bond acceptors (Lipinski definition) is 12. The number of ether oxygens (including phenoxy) is 2. The van der Waals surface area contributed by atoms with Crippen molar-refractivity contribution in [1.29, 1.82) is 0 Å². The van der Waals surface area contributed by atoms with Crippen molar-refractivity contribution in [2.75, 3.05) is 31.1 Å². The van der Waals surface area contributed by atoms with Gasteiger partial charge in [0.05, 0.1) is 22.8 Å². The molecule has 10 N–H and O–H groups in total. The van der Waals surface area contributed by atoms with Gasteiger partial charge in [-0.1, -0.05) is 61.0 Å². The summed E-state index contributed by atoms with van der Waals surface area (Å²) in [6.07, 6.45) is 3.29. The number of carbonyl (C=O) groups is 5. The quantitative estimate of drug-likeness (QED) is 0.0671. The molecule has 1 fully saturated rings. The van der Waals surface area contributed by atoms with Crippen LogP contribution in [-0.2, 0) is 45.2 Å². The highest BCUT2D eigenvalue weighted by Crippen LogP contribution is 2.27. The number of hydrogen-bond donors (Lipinski definition) is 6. The predicted octanol–water partition coefficient (Wildman–Crippen LogP) is 5.10. The van der Waals surface area contributed by atoms with Gasteiger partial charge in [-0.05, 0) is 62.4 Å². The molecule has 1 saturated heterocycles. The number of unbranched alkanes of at least 4 members (excludes halogenated alkanes) is 1. The van der Waals surface area contributed by atoms with Crippen LogP contribution in [0.2, 0.25) is 0 Å². The van der Waals surface area contributed by atoms with E-state index in [0.29, 0.717) is 50.0 Å². The zero-order valence-corrected chi connectivity index (χ0v) is 35.9. The summed E-state index contributed by atoms with van der Waals surface area (Å²) in [5.41, 5.74) is 12.6. The van der Waals surface area contributed by atoms with Gasteiger partial charge in [-0.3, -0.25) is 14.4 Å². The molecule has 63 heavy (non-hydrogen) atoms. The van der Waals surface area contributed by atoms with Crippen LogP contribution in [0.4, 0.5) is 19.7 Å². The third-order valence-electron chi connectivity index (χ3n) is 10.7. The Labute approximate surface area is 364 Å². The van der Waals surface area contributed by atoms with Gasteiger partial charge < -0.3 is 57.2 Å². The van der Waals surface area contributed by atoms with E-state index in [9.17, 15) is 33.9 Å². The highest BCUT2D eigenvalue weighted by atomic mass is 19.1. The number of amides is 3. The van der Waals surface area contributed by atoms with Gasteiger partial charge in [-0.15, -0.1) is 0 Å². The highest BCUT2D eigenvalue weighted by molar-refractivity contribution is 5.93. The first kappa shape index (κ1) is 48.7. The number of ketones is 1. The van der Waals surface area contributed by atoms with Crippen molar-refractivity contribution < 1.29 is 42.9 Å². The molecule has 1 atom stereocenters. The average Bonchev–Trinajstić information content (AvgIpc) is 3.25. The number of rotatable bonds is 19. The standard InChI is InChI=1S/C45H54FN7O9.H3N/c1-4-51-26-33(42(57)58)41(56)32-23-34(46)37(24-36(32)51)52-18-20-53(21-19-52)44(60)62-28-31-16-14-29(15-17-31)22-38(54)35(12-8-9-13-40(48)55)49-25-39(47)45(2,3)50-43(59)61-27-30-10-6-5-7-11-30;/h5-7,10-11,14-17,23-26,35,49H,4,8-9,12-13,18-22,27-28,47H2,1-3H3,(H2,48,55)(H,50,59)(H,57,58);1H3/b39-25-;/t35-;/m0./s1. The second-order valence-electron chi connectivity index (χ2n) is 15.6. The zero-order chi connectivity index (χ0) is 45.0. The second-order valence-corrected chi connectivity index (χ2v) is 15.6. The smallest absolute Gasteiger partial charge is 0.410 e. The lowest BCUT2D eigenvalue weighted by atomic mass is 9.97. The molecule has 1 aliphatic heterocycles. The molecule has 1 aromatic heterocycles. The number of nitrogens with zero attached hydrogens (tertiary/aromatic N) is 3. The first-order chi connectivity index (χ1) is 29.6. The molecular weight excluding hydrogens is 816 g/mol. The molecule has 0 spiro atoms. The number of halogens is 1. The number of primary amides is 1. The van der Waals surface area contributed by atoms with Crippen molar-refractivity contribution in [1.82, 2.24) is 26.3 Å². The van der Waals surface area contributed by atoms with Gasteiger partial charge in [0, 0.05) is 69.0 Å². The third-order valence-corrected chi connectivity index (χ3v) is 10.7. The number of Topliss-reactive ketones (excluding diaryl/α,β-unsaturated/α-hetero) is 1. The number of aromatic carboxylic acids is 1. The van der Waals surface area contributed by atoms with Crippen LogP contribution in [0.3, 0.4) is 0 Å². The molecule has 0 aliphatic carbocycles. The van der Waals surface area contributed by atoms with Gasteiger partial charge in [-0.2, -0.15) is 0 Å². The summed E-state index contributed by atoms with van der Waals surface area (Å²) in [6.45, 7) is 6.75. The number of carboxylic acids is 1. The van der Waals surface area contributed by atoms with Gasteiger partial charge in [-0.25, -0.2) is 18.8 Å². The number of anilines is 1. The van der Waals surface area contributed by atoms with Crippen molar-refractivity contribution in [3.05, 3.63) is 123 Å². The molecule has 3 amide bonds. The molecule has 3 aromatic carbocycles. The third kappa shape index (κ3) is 13.3. The van der Waals surface area contributed by atoms with Crippen molar-refractivity contribution in [3.63, 3.8) is 0 Å². The monoisotopic (exact) mass is 872 g/mol. The maximum Gasteiger partial charge on any atom is 0.410 e. The Bertz CT molecular complexity index is 2340. The molecule has 5 rings (SSSR count). The summed E-state index contributed by atoms with van der Waals surface area (Å²) in [7, 11) is 0. The number of fused-ring (bicyclic) bond motifs is 1. The van der Waals surface area contributed by atoms with Crippen LogP contribution >= 0.6 is 0 Å². The minimum absolute atomic E-state index is 0. The lowest BCUT2D eigenvalue weighted by molar-refractivity contribution is -0.120. The molecule has 2 heterocycles. The second kappa shape index (κ2) is 22.2. The van der Waals surface area contributed by atoms with E-state index in [1.165, 1.54) is 17.3 Å². The Hall–Kier alpha value is -6.95. The Morgan fingerprint density at radius 3 is 2.17 bits per heavy atom. The Morgan fingerprint density at radius 1 is 0.905 bits per heavy atom. The molecule has 338 valence electrons. The van der Waals surface area contributed by atoms with E-state index >= 15 is 4.39 Å². The number of carboxylic acid groups (broad SMARTS) is 1. The van der Waals surface area contributed by atoms with Crippen LogP contribution in [0.15, 0.2) is 89.6 Å². The van der Waals surface area contributed by atoms with Crippen LogP contribution in [-0.4, -0.2) is 82.2 Å². The van der Waals surface area contributed by atoms with E-state index in [2.05, 4.69) is 10.6 Å². The molecule has 0 bridgehead atoms. The molecule has 17 nitrogen and oxygen atoms in total. The number of benzene rings is 3. The molecule has 18 heteroatoms. The minimum Gasteiger partial charge on any atom is -0.477 e. The lowest BCUT2D eigenvalue weighted by Gasteiger charge is -2.35. The van der Waals surface area contributed by atoms with Gasteiger partial charge in [0.25, 0.3) is 0 Å². The highest BCUT2D eigenvalue weighted by Gasteiger charge is 2.27. The summed E-state index contributed by atoms with van der Waals surface area (Å²) in [5.74, 6) is -2.60. The number of aryl methyl sites for hydroxylation is 1. The van der Waals surface area contributed by atoms with E-state index < -0.39 is 52.5 Å². The molecule has 0 radical (unpaired) electrons. The largest absolute Gasteiger partial charge is 0.477 e. The molecular formula is C45H57FN8O9. The number of piperazine rings is 1. The topological polar surface area (TPSA) is 264 Å². The molecule has 1 aliphatic rings. The van der Waals surface area contributed by atoms with Crippen molar-refractivity contribution in [2.24, 2.45) is 11.5 Å². The maximum atomic E-state index is 15.3. The lowest BCUT2D eigenvalue weighted by Crippen LogP contribution is -2.49. The number of pyridine rings is 1. The number of aromatic nitrogens is 1. The van der Waals surface area contributed by atoms with Crippen molar-refractivity contribution >= 4 is 46.4 Å². The predicted molar refractivity (Wildman–Crippen MR) is 236 cm³/mol. The van der Waals surface area contributed by atoms with Gasteiger partial charge in [0.1, 0.15) is 24.6 Å². The van der Waals surface area contributed by atoms with E-state index in [-0.39, 0.29) is 67.8 Å². The van der Waals surface area contributed by atoms with Crippen molar-refractivity contribution in [3.8, 4) is 0 Å². The van der Waals surface area contributed by atoms with Gasteiger partial charge >= 0.3 is 18.2 Å². The summed E-state index contributed by atoms with van der Waals surface area (Å²) in [5, 5.41) is 15.3. The molecule has 0 saturated carbocycles. The summed E-state index contributed by atoms with van der Waals surface area (Å²) >= 11 is 0. The Kier molecular flexibility index (Phi) is 17.2. The van der Waals surface area contributed by atoms with Crippen LogP contribution < -0.4 is 38.6 Å². The fourth-order valence-corrected chi connectivity index (χ4v) is 6.94. The number of alkyl carbamates (subject to hydrolysis) is 1. The summed E-state index contributed by atoms with van der Waals surface area (Å²) < 4.78 is 27.9. The van der Waals surface area contributed by atoms with Crippen LogP contribution in [0.5, 0.6) is 0 Å². The van der Waals surface area contributed by atoms with Crippen LogP contribution in [0.1, 0.15) is 73.5 Å². The van der Waals surface area contributed by atoms with Crippen LogP contribution in [0, 0.1) is 5.82 Å². The fraction of sp³-hybridized carbons (Fsp3) is 0.378. The molecule has 0 unspecified atom stereocenters. The number of nitrogens with two attached hydrogens (primary N) is 2. The first-order valence-corrected chi connectivity index (χ1v) is 20.4. The fourth-order valence-electron chi connectivity index (χ4n) is 6.94.